The first-order valence-electron chi connectivity index (χ1n) is 10.3. The number of rotatable bonds is 6. The molecule has 31 heavy (non-hydrogen) atoms. The maximum atomic E-state index is 13.0. The lowest BCUT2D eigenvalue weighted by Crippen LogP contribution is -2.57. The van der Waals surface area contributed by atoms with E-state index in [0.717, 1.165) is 4.90 Å². The number of carbonyl (C=O) groups excluding carboxylic acids is 4. The first-order chi connectivity index (χ1) is 14.6. The summed E-state index contributed by atoms with van der Waals surface area (Å²) in [5.74, 6) is -1.31. The van der Waals surface area contributed by atoms with Gasteiger partial charge in [-0.1, -0.05) is 6.07 Å². The minimum absolute atomic E-state index is 0.130. The lowest BCUT2D eigenvalue weighted by Gasteiger charge is -2.33. The maximum absolute atomic E-state index is 13.0. The van der Waals surface area contributed by atoms with Crippen LogP contribution in [0, 0.1) is 0 Å². The number of hydrogen-bond acceptors (Lipinski definition) is 7. The van der Waals surface area contributed by atoms with E-state index in [4.69, 9.17) is 4.74 Å². The van der Waals surface area contributed by atoms with Crippen LogP contribution in [0.2, 0.25) is 0 Å². The zero-order valence-electron chi connectivity index (χ0n) is 17.9. The van der Waals surface area contributed by atoms with Crippen molar-refractivity contribution in [2.24, 2.45) is 0 Å². The summed E-state index contributed by atoms with van der Waals surface area (Å²) in [4.78, 5) is 50.0. The normalized spacial score (nSPS) is 20.9. The zero-order chi connectivity index (χ0) is 22.8. The molecular weight excluding hydrogens is 404 g/mol. The van der Waals surface area contributed by atoms with Crippen molar-refractivity contribution in [3.05, 3.63) is 29.3 Å². The van der Waals surface area contributed by atoms with Crippen LogP contribution >= 0.6 is 0 Å². The topological polar surface area (TPSA) is 137 Å². The van der Waals surface area contributed by atoms with Crippen LogP contribution in [0.25, 0.3) is 0 Å². The van der Waals surface area contributed by atoms with Crippen LogP contribution in [0.5, 0.6) is 0 Å². The molecule has 2 heterocycles. The van der Waals surface area contributed by atoms with Gasteiger partial charge in [0.1, 0.15) is 11.8 Å². The van der Waals surface area contributed by atoms with Gasteiger partial charge in [-0.05, 0) is 45.7 Å². The molecular formula is C21H28N4O6. The number of amides is 4. The molecule has 3 rings (SSSR count). The van der Waals surface area contributed by atoms with Gasteiger partial charge in [0, 0.05) is 25.2 Å². The Morgan fingerprint density at radius 1 is 1.23 bits per heavy atom. The van der Waals surface area contributed by atoms with Crippen molar-refractivity contribution in [1.82, 2.24) is 15.5 Å². The molecule has 1 fully saturated rings. The first kappa shape index (κ1) is 22.5. The van der Waals surface area contributed by atoms with E-state index in [1.54, 1.807) is 39.0 Å². The van der Waals surface area contributed by atoms with Crippen molar-refractivity contribution in [3.8, 4) is 0 Å². The molecule has 1 aromatic carbocycles. The molecule has 1 saturated heterocycles. The van der Waals surface area contributed by atoms with Crippen molar-refractivity contribution in [2.75, 3.05) is 18.4 Å². The number of imide groups is 1. The molecule has 0 aromatic heterocycles. The van der Waals surface area contributed by atoms with Gasteiger partial charge in [0.2, 0.25) is 5.91 Å². The standard InChI is InChI=1S/C21H28N4O6/c1-21(2,3)31-20(30)23-11-5-10-22-13-7-4-6-12-16(13)19(29)25(18(12)28)14-8-9-15(26)24-17(14)27/h4,6-7,14,17,22,27H,5,8-11H2,1-3H3,(H,23,30)(H,24,26). The van der Waals surface area contributed by atoms with Crippen LogP contribution in [-0.4, -0.2) is 64.8 Å². The van der Waals surface area contributed by atoms with E-state index < -0.39 is 35.8 Å². The van der Waals surface area contributed by atoms with Crippen molar-refractivity contribution in [1.29, 1.82) is 0 Å². The number of nitrogens with one attached hydrogen (secondary N) is 3. The van der Waals surface area contributed by atoms with Crippen molar-refractivity contribution >= 4 is 29.5 Å². The summed E-state index contributed by atoms with van der Waals surface area (Å²) in [7, 11) is 0. The number of carbonyl (C=O) groups is 4. The Bertz CT molecular complexity index is 894. The minimum Gasteiger partial charge on any atom is -0.444 e. The number of hydrogen-bond donors (Lipinski definition) is 4. The number of alkyl carbamates (subject to hydrolysis) is 1. The second kappa shape index (κ2) is 8.93. The molecule has 0 aliphatic carbocycles. The van der Waals surface area contributed by atoms with Gasteiger partial charge in [0.25, 0.3) is 11.8 Å². The number of ether oxygens (including phenoxy) is 1. The summed E-state index contributed by atoms with van der Waals surface area (Å²) in [6.07, 6.45) is -0.883. The zero-order valence-corrected chi connectivity index (χ0v) is 17.9. The predicted molar refractivity (Wildman–Crippen MR) is 111 cm³/mol. The fourth-order valence-electron chi connectivity index (χ4n) is 3.61. The molecule has 168 valence electrons. The Kier molecular flexibility index (Phi) is 6.49. The number of anilines is 1. The third-order valence-corrected chi connectivity index (χ3v) is 4.96. The van der Waals surface area contributed by atoms with Gasteiger partial charge in [-0.15, -0.1) is 0 Å². The minimum atomic E-state index is -1.29. The molecule has 0 spiro atoms. The SMILES string of the molecule is CC(C)(C)OC(=O)NCCCNc1cccc2c1C(=O)N(C1CCC(=O)NC1O)C2=O. The smallest absolute Gasteiger partial charge is 0.407 e. The van der Waals surface area contributed by atoms with Gasteiger partial charge in [0.15, 0.2) is 0 Å². The van der Waals surface area contributed by atoms with E-state index >= 15 is 0 Å². The fourth-order valence-corrected chi connectivity index (χ4v) is 3.61. The number of nitrogens with zero attached hydrogens (tertiary/aromatic N) is 1. The number of aliphatic hydroxyl groups excluding tert-OH is 1. The highest BCUT2D eigenvalue weighted by Crippen LogP contribution is 2.32. The lowest BCUT2D eigenvalue weighted by molar-refractivity contribution is -0.129. The Labute approximate surface area is 180 Å². The molecule has 4 amide bonds. The summed E-state index contributed by atoms with van der Waals surface area (Å²) in [6, 6.07) is 4.14. The highest BCUT2D eigenvalue weighted by molar-refractivity contribution is 6.24. The second-order valence-corrected chi connectivity index (χ2v) is 8.54. The van der Waals surface area contributed by atoms with Gasteiger partial charge >= 0.3 is 6.09 Å². The summed E-state index contributed by atoms with van der Waals surface area (Å²) in [5, 5.41) is 18.3. The Balaban J connectivity index is 1.60. The number of benzene rings is 1. The van der Waals surface area contributed by atoms with Crippen LogP contribution in [0.15, 0.2) is 18.2 Å². The Morgan fingerprint density at radius 3 is 2.65 bits per heavy atom. The van der Waals surface area contributed by atoms with E-state index in [9.17, 15) is 24.3 Å². The van der Waals surface area contributed by atoms with Gasteiger partial charge in [0.05, 0.1) is 17.2 Å². The summed E-state index contributed by atoms with van der Waals surface area (Å²) in [6.45, 7) is 6.18. The van der Waals surface area contributed by atoms with Crippen LogP contribution < -0.4 is 16.0 Å². The van der Waals surface area contributed by atoms with Crippen LogP contribution in [0.3, 0.4) is 0 Å². The van der Waals surface area contributed by atoms with Gasteiger partial charge < -0.3 is 25.8 Å². The van der Waals surface area contributed by atoms with E-state index in [2.05, 4.69) is 16.0 Å². The molecule has 1 aromatic rings. The van der Waals surface area contributed by atoms with Crippen molar-refractivity contribution in [2.45, 2.75) is 57.9 Å². The van der Waals surface area contributed by atoms with Gasteiger partial charge in [-0.25, -0.2) is 4.79 Å². The molecule has 2 unspecified atom stereocenters. The average molecular weight is 432 g/mol. The van der Waals surface area contributed by atoms with E-state index in [1.165, 1.54) is 0 Å². The highest BCUT2D eigenvalue weighted by atomic mass is 16.6. The van der Waals surface area contributed by atoms with Gasteiger partial charge in [-0.2, -0.15) is 0 Å². The number of aliphatic hydroxyl groups is 1. The fraction of sp³-hybridized carbons (Fsp3) is 0.524. The first-order valence-corrected chi connectivity index (χ1v) is 10.3. The number of fused-ring (bicyclic) bond motifs is 1. The van der Waals surface area contributed by atoms with Crippen LogP contribution in [-0.2, 0) is 9.53 Å². The summed E-state index contributed by atoms with van der Waals surface area (Å²) in [5.41, 5.74) is 0.438. The third-order valence-electron chi connectivity index (χ3n) is 4.96. The van der Waals surface area contributed by atoms with E-state index in [1.807, 2.05) is 0 Å². The second-order valence-electron chi connectivity index (χ2n) is 8.54. The molecule has 10 nitrogen and oxygen atoms in total. The molecule has 0 radical (unpaired) electrons. The van der Waals surface area contributed by atoms with Crippen molar-refractivity contribution in [3.63, 3.8) is 0 Å². The van der Waals surface area contributed by atoms with Crippen molar-refractivity contribution < 1.29 is 29.0 Å². The maximum Gasteiger partial charge on any atom is 0.407 e. The molecule has 0 bridgehead atoms. The molecule has 2 atom stereocenters. The average Bonchev–Trinajstić information content (AvgIpc) is 2.92. The Morgan fingerprint density at radius 2 is 1.97 bits per heavy atom. The number of piperidine rings is 1. The molecule has 0 saturated carbocycles. The molecule has 10 heteroatoms. The van der Waals surface area contributed by atoms with Crippen LogP contribution in [0.4, 0.5) is 10.5 Å². The lowest BCUT2D eigenvalue weighted by atomic mass is 10.0. The molecule has 4 N–H and O–H groups in total. The molecule has 2 aliphatic heterocycles. The largest absolute Gasteiger partial charge is 0.444 e. The predicted octanol–water partition coefficient (Wildman–Crippen LogP) is 1.21. The summed E-state index contributed by atoms with van der Waals surface area (Å²) >= 11 is 0. The monoisotopic (exact) mass is 432 g/mol. The summed E-state index contributed by atoms with van der Waals surface area (Å²) < 4.78 is 5.17. The van der Waals surface area contributed by atoms with Crippen LogP contribution in [0.1, 0.15) is 60.7 Å². The Hall–Kier alpha value is -3.14. The van der Waals surface area contributed by atoms with Gasteiger partial charge in [-0.3, -0.25) is 19.3 Å². The molecule has 2 aliphatic rings. The third kappa shape index (κ3) is 5.13. The van der Waals surface area contributed by atoms with E-state index in [-0.39, 0.29) is 29.9 Å². The quantitative estimate of drug-likeness (QED) is 0.392. The van der Waals surface area contributed by atoms with E-state index in [0.29, 0.717) is 25.2 Å². The highest BCUT2D eigenvalue weighted by Gasteiger charge is 2.45.